The van der Waals surface area contributed by atoms with Gasteiger partial charge in [0.25, 0.3) is 0 Å². The lowest BCUT2D eigenvalue weighted by Crippen LogP contribution is -2.43. The number of nitrogens with zero attached hydrogens (tertiary/aromatic N) is 1. The van der Waals surface area contributed by atoms with Crippen LogP contribution >= 0.6 is 0 Å². The van der Waals surface area contributed by atoms with Gasteiger partial charge in [-0.3, -0.25) is 9.69 Å². The average Bonchev–Trinajstić information content (AvgIpc) is 2.68. The molecule has 0 radical (unpaired) electrons. The molecule has 3 rings (SSSR count). The van der Waals surface area contributed by atoms with Crippen LogP contribution in [0.4, 0.5) is 0 Å². The fourth-order valence-electron chi connectivity index (χ4n) is 3.28. The molecule has 1 heterocycles. The number of hydrogen-bond acceptors (Lipinski definition) is 4. The molecule has 0 fully saturated rings. The minimum atomic E-state index is -0.0767. The van der Waals surface area contributed by atoms with Crippen LogP contribution < -0.4 is 14.8 Å². The van der Waals surface area contributed by atoms with Gasteiger partial charge in [0, 0.05) is 13.1 Å². The van der Waals surface area contributed by atoms with Crippen LogP contribution in [0.15, 0.2) is 48.5 Å². The van der Waals surface area contributed by atoms with Gasteiger partial charge in [0.15, 0.2) is 11.5 Å². The highest BCUT2D eigenvalue weighted by atomic mass is 16.6. The monoisotopic (exact) mass is 382 g/mol. The van der Waals surface area contributed by atoms with Crippen LogP contribution in [0.3, 0.4) is 0 Å². The van der Waals surface area contributed by atoms with E-state index in [9.17, 15) is 4.79 Å². The predicted octanol–water partition coefficient (Wildman–Crippen LogP) is 3.24. The largest absolute Gasteiger partial charge is 0.486 e. The first-order chi connectivity index (χ1) is 13.5. The van der Waals surface area contributed by atoms with E-state index < -0.39 is 0 Å². The summed E-state index contributed by atoms with van der Waals surface area (Å²) in [5.74, 6) is 2.11. The number of likely N-dealkylation sites (N-methyl/N-ethyl adjacent to an activating group) is 1. The lowest BCUT2D eigenvalue weighted by Gasteiger charge is -2.29. The maximum absolute atomic E-state index is 12.2. The third kappa shape index (κ3) is 5.73. The molecule has 0 aromatic heterocycles. The fraction of sp³-hybridized carbons (Fsp3) is 0.435. The fourth-order valence-corrected chi connectivity index (χ4v) is 3.28. The Bertz CT molecular complexity index is 774. The summed E-state index contributed by atoms with van der Waals surface area (Å²) in [5.41, 5.74) is 2.58. The Labute approximate surface area is 167 Å². The van der Waals surface area contributed by atoms with E-state index >= 15 is 0 Å². The second-order valence-electron chi connectivity index (χ2n) is 7.69. The van der Waals surface area contributed by atoms with Gasteiger partial charge in [0.05, 0.1) is 6.54 Å². The minimum absolute atomic E-state index is 0.0263. The number of ether oxygens (including phenoxy) is 2. The summed E-state index contributed by atoms with van der Waals surface area (Å²) in [7, 11) is 1.92. The Hall–Kier alpha value is -2.53. The van der Waals surface area contributed by atoms with Crippen LogP contribution in [0, 0.1) is 0 Å². The van der Waals surface area contributed by atoms with E-state index in [0.29, 0.717) is 32.2 Å². The van der Waals surface area contributed by atoms with Crippen molar-refractivity contribution >= 4 is 5.91 Å². The molecule has 2 aromatic rings. The Morgan fingerprint density at radius 1 is 1.14 bits per heavy atom. The number of benzene rings is 2. The van der Waals surface area contributed by atoms with Crippen LogP contribution in [0.2, 0.25) is 0 Å². The van der Waals surface area contributed by atoms with Gasteiger partial charge in [-0.05, 0) is 42.6 Å². The zero-order valence-corrected chi connectivity index (χ0v) is 17.0. The first kappa shape index (κ1) is 20.2. The van der Waals surface area contributed by atoms with Gasteiger partial charge in [-0.25, -0.2) is 0 Å². The first-order valence-electron chi connectivity index (χ1n) is 9.94. The second kappa shape index (κ2) is 9.60. The predicted molar refractivity (Wildman–Crippen MR) is 111 cm³/mol. The van der Waals surface area contributed by atoms with Crippen LogP contribution in [0.25, 0.3) is 0 Å². The molecular weight excluding hydrogens is 352 g/mol. The van der Waals surface area contributed by atoms with Crippen LogP contribution in [-0.2, 0) is 11.2 Å². The number of nitrogens with one attached hydrogen (secondary N) is 1. The molecule has 2 aromatic carbocycles. The molecule has 150 valence electrons. The van der Waals surface area contributed by atoms with E-state index in [4.69, 9.17) is 9.47 Å². The van der Waals surface area contributed by atoms with E-state index in [0.717, 1.165) is 17.9 Å². The Balaban J connectivity index is 1.36. The zero-order chi connectivity index (χ0) is 19.9. The maximum Gasteiger partial charge on any atom is 0.234 e. The Morgan fingerprint density at radius 3 is 2.57 bits per heavy atom. The van der Waals surface area contributed by atoms with E-state index in [-0.39, 0.29) is 12.0 Å². The molecule has 5 heteroatoms. The Morgan fingerprint density at radius 2 is 1.86 bits per heavy atom. The van der Waals surface area contributed by atoms with Crippen molar-refractivity contribution in [2.45, 2.75) is 32.3 Å². The molecule has 1 atom stereocenters. The number of amides is 1. The molecule has 0 spiro atoms. The van der Waals surface area contributed by atoms with E-state index in [1.807, 2.05) is 36.2 Å². The van der Waals surface area contributed by atoms with E-state index in [2.05, 4.69) is 43.4 Å². The third-order valence-electron chi connectivity index (χ3n) is 4.88. The van der Waals surface area contributed by atoms with Gasteiger partial charge >= 0.3 is 0 Å². The molecule has 28 heavy (non-hydrogen) atoms. The number of carbonyl (C=O) groups is 1. The number of hydrogen-bond donors (Lipinski definition) is 1. The van der Waals surface area contributed by atoms with Crippen molar-refractivity contribution < 1.29 is 14.3 Å². The van der Waals surface area contributed by atoms with Crippen molar-refractivity contribution in [3.63, 3.8) is 0 Å². The van der Waals surface area contributed by atoms with Crippen molar-refractivity contribution in [2.24, 2.45) is 0 Å². The topological polar surface area (TPSA) is 50.8 Å². The maximum atomic E-state index is 12.2. The molecule has 0 bridgehead atoms. The quantitative estimate of drug-likeness (QED) is 0.762. The summed E-state index contributed by atoms with van der Waals surface area (Å²) in [6, 6.07) is 16.3. The molecule has 0 saturated carbocycles. The second-order valence-corrected chi connectivity index (χ2v) is 7.69. The van der Waals surface area contributed by atoms with Gasteiger partial charge in [-0.1, -0.05) is 50.2 Å². The highest BCUT2D eigenvalue weighted by Gasteiger charge is 2.22. The molecule has 1 aliphatic rings. The highest BCUT2D eigenvalue weighted by molar-refractivity contribution is 5.77. The third-order valence-corrected chi connectivity index (χ3v) is 4.88. The molecule has 1 aliphatic heterocycles. The number of carbonyl (C=O) groups excluding carboxylic acids is 1. The molecule has 1 amide bonds. The molecule has 1 N–H and O–H groups in total. The summed E-state index contributed by atoms with van der Waals surface area (Å²) in [6.45, 7) is 6.50. The summed E-state index contributed by atoms with van der Waals surface area (Å²) >= 11 is 0. The van der Waals surface area contributed by atoms with Crippen molar-refractivity contribution in [3.05, 3.63) is 59.7 Å². The number of para-hydroxylation sites is 2. The van der Waals surface area contributed by atoms with Crippen LogP contribution in [0.5, 0.6) is 11.5 Å². The smallest absolute Gasteiger partial charge is 0.234 e. The van der Waals surface area contributed by atoms with Crippen molar-refractivity contribution in [1.29, 1.82) is 0 Å². The standard InChI is InChI=1S/C23H30N2O3/c1-17(2)19-10-8-18(9-11-19)12-13-24-23(26)15-25(3)14-20-16-27-21-6-4-5-7-22(21)28-20/h4-11,17,20H,12-16H2,1-3H3,(H,24,26). The van der Waals surface area contributed by atoms with Crippen LogP contribution in [0.1, 0.15) is 30.9 Å². The SMILES string of the molecule is CC(C)c1ccc(CCNC(=O)CN(C)CC2COc3ccccc3O2)cc1. The number of fused-ring (bicyclic) bond motifs is 1. The average molecular weight is 383 g/mol. The first-order valence-corrected chi connectivity index (χ1v) is 9.94. The lowest BCUT2D eigenvalue weighted by molar-refractivity contribution is -0.122. The van der Waals surface area contributed by atoms with E-state index in [1.165, 1.54) is 11.1 Å². The van der Waals surface area contributed by atoms with Crippen LogP contribution in [-0.4, -0.2) is 50.2 Å². The molecule has 5 nitrogen and oxygen atoms in total. The van der Waals surface area contributed by atoms with Crippen molar-refractivity contribution in [2.75, 3.05) is 33.3 Å². The van der Waals surface area contributed by atoms with Gasteiger partial charge in [0.2, 0.25) is 5.91 Å². The Kier molecular flexibility index (Phi) is 6.93. The van der Waals surface area contributed by atoms with Gasteiger partial charge in [-0.15, -0.1) is 0 Å². The molecule has 0 saturated heterocycles. The van der Waals surface area contributed by atoms with E-state index in [1.54, 1.807) is 0 Å². The van der Waals surface area contributed by atoms with Gasteiger partial charge in [-0.2, -0.15) is 0 Å². The summed E-state index contributed by atoms with van der Waals surface area (Å²) in [4.78, 5) is 14.2. The normalized spacial score (nSPS) is 15.7. The molecule has 0 aliphatic carbocycles. The highest BCUT2D eigenvalue weighted by Crippen LogP contribution is 2.30. The zero-order valence-electron chi connectivity index (χ0n) is 17.0. The number of rotatable bonds is 8. The molecular formula is C23H30N2O3. The lowest BCUT2D eigenvalue weighted by atomic mass is 10.0. The summed E-state index contributed by atoms with van der Waals surface area (Å²) in [6.07, 6.45) is 0.761. The summed E-state index contributed by atoms with van der Waals surface area (Å²) in [5, 5.41) is 3.00. The molecule has 1 unspecified atom stereocenters. The van der Waals surface area contributed by atoms with Gasteiger partial charge in [0.1, 0.15) is 12.7 Å². The van der Waals surface area contributed by atoms with Gasteiger partial charge < -0.3 is 14.8 Å². The minimum Gasteiger partial charge on any atom is -0.486 e. The van der Waals surface area contributed by atoms with Crippen molar-refractivity contribution in [3.8, 4) is 11.5 Å². The summed E-state index contributed by atoms with van der Waals surface area (Å²) < 4.78 is 11.7. The van der Waals surface area contributed by atoms with Crippen molar-refractivity contribution in [1.82, 2.24) is 10.2 Å².